The zero-order valence-electron chi connectivity index (χ0n) is 64.3. The third-order valence-electron chi connectivity index (χ3n) is 21.6. The van der Waals surface area contributed by atoms with Crippen molar-refractivity contribution in [3.63, 3.8) is 0 Å². The van der Waals surface area contributed by atoms with Crippen LogP contribution in [-0.4, -0.2) is 251 Å². The molecule has 12 amide bonds. The van der Waals surface area contributed by atoms with Gasteiger partial charge in [-0.05, 0) is 106 Å². The van der Waals surface area contributed by atoms with Crippen LogP contribution in [0.25, 0.3) is 0 Å². The lowest BCUT2D eigenvalue weighted by Gasteiger charge is -2.45. The SMILES string of the molecule is CC[C@H](C)[C@@H]1NC(=O)[C@H](CC(C)C)N(C)C(=O)C[C@@H](C(=O)N(C)C)N(C)C(=O)[C@H]([C@@H](C)CC)N(C)C(=O)C2(CCCC2)NC(=O)[C@H](Cc2cccc(C)c2)N(C)C(=O)[C@H](CCc2ccc(C(F)(F)F)c(Cl)c2)NC(=O)CN(C)C(=O)[C@H](Cc2ccc(C)cc2)N(C)C(=O)[C@@H]2CCN2C(=O)[C@H](C)N(C)C1=O. The molecule has 0 radical (unpaired) electrons. The van der Waals surface area contributed by atoms with E-state index in [4.69, 9.17) is 11.6 Å². The summed E-state index contributed by atoms with van der Waals surface area (Å²) in [7, 11) is 12.6. The van der Waals surface area contributed by atoms with Gasteiger partial charge in [0.15, 0.2) is 0 Å². The van der Waals surface area contributed by atoms with Crippen molar-refractivity contribution in [1.82, 2.24) is 60.0 Å². The van der Waals surface area contributed by atoms with Crippen LogP contribution in [0.15, 0.2) is 66.7 Å². The van der Waals surface area contributed by atoms with Crippen LogP contribution in [0.3, 0.4) is 0 Å². The van der Waals surface area contributed by atoms with E-state index < -0.39 is 172 Å². The molecule has 3 aromatic rings. The summed E-state index contributed by atoms with van der Waals surface area (Å²) >= 11 is 6.20. The van der Waals surface area contributed by atoms with Gasteiger partial charge in [0.2, 0.25) is 70.9 Å². The number of alkyl halides is 3. The summed E-state index contributed by atoms with van der Waals surface area (Å²) in [4.78, 5) is 192. The van der Waals surface area contributed by atoms with E-state index in [1.54, 1.807) is 38.1 Å². The molecule has 28 heteroatoms. The fraction of sp³-hybridized carbons (Fsp3) is 0.610. The van der Waals surface area contributed by atoms with Crippen molar-refractivity contribution in [3.8, 4) is 0 Å². The number of fused-ring (bicyclic) bond motifs is 1. The molecule has 578 valence electrons. The molecule has 6 rings (SSSR count). The van der Waals surface area contributed by atoms with Gasteiger partial charge in [-0.15, -0.1) is 0 Å². The molecular weight excluding hydrogens is 1380 g/mol. The first-order valence-electron chi connectivity index (χ1n) is 36.4. The first kappa shape index (κ1) is 85.3. The zero-order chi connectivity index (χ0) is 78.6. The number of carbonyl (C=O) groups is 12. The maximum Gasteiger partial charge on any atom is 0.417 e. The van der Waals surface area contributed by atoms with Crippen molar-refractivity contribution in [1.29, 1.82) is 0 Å². The van der Waals surface area contributed by atoms with Crippen LogP contribution in [0.4, 0.5) is 13.2 Å². The Bertz CT molecular complexity index is 3660. The second kappa shape index (κ2) is 36.6. The van der Waals surface area contributed by atoms with Crippen molar-refractivity contribution in [3.05, 3.63) is 105 Å². The minimum Gasteiger partial charge on any atom is -0.347 e. The van der Waals surface area contributed by atoms with Gasteiger partial charge in [0.25, 0.3) is 0 Å². The highest BCUT2D eigenvalue weighted by Gasteiger charge is 2.51. The highest BCUT2D eigenvalue weighted by atomic mass is 35.5. The average molecular weight is 1490 g/mol. The van der Waals surface area contributed by atoms with Crippen LogP contribution in [-0.2, 0) is 83.0 Å². The summed E-state index contributed by atoms with van der Waals surface area (Å²) in [5.74, 6) is -9.89. The Kier molecular flexibility index (Phi) is 29.7. The van der Waals surface area contributed by atoms with E-state index in [-0.39, 0.29) is 69.4 Å². The summed E-state index contributed by atoms with van der Waals surface area (Å²) in [6, 6.07) is 5.61. The van der Waals surface area contributed by atoms with E-state index in [2.05, 4.69) is 16.0 Å². The molecule has 24 nitrogen and oxygen atoms in total. The molecule has 0 aromatic heterocycles. The third-order valence-corrected chi connectivity index (χ3v) is 21.9. The minimum absolute atomic E-state index is 0.0635. The Morgan fingerprint density at radius 1 is 0.638 bits per heavy atom. The normalized spacial score (nSPS) is 24.8. The number of hydrogen-bond donors (Lipinski definition) is 3. The van der Waals surface area contributed by atoms with Gasteiger partial charge < -0.3 is 60.0 Å². The van der Waals surface area contributed by atoms with Crippen LogP contribution in [0.5, 0.6) is 0 Å². The molecule has 3 aromatic carbocycles. The van der Waals surface area contributed by atoms with E-state index in [0.717, 1.165) is 38.0 Å². The molecule has 11 atom stereocenters. The first-order chi connectivity index (χ1) is 49.1. The molecule has 1 spiro atoms. The molecule has 3 aliphatic rings. The van der Waals surface area contributed by atoms with Crippen LogP contribution < -0.4 is 16.0 Å². The number of halogens is 4. The maximum atomic E-state index is 15.7. The number of rotatable bonds is 14. The number of likely N-dealkylation sites (N-methyl/N-ethyl adjacent to an activating group) is 8. The molecule has 2 aliphatic heterocycles. The Morgan fingerprint density at radius 3 is 1.79 bits per heavy atom. The van der Waals surface area contributed by atoms with Crippen LogP contribution in [0.1, 0.15) is 146 Å². The second-order valence-corrected chi connectivity index (χ2v) is 30.3. The topological polar surface area (TPSA) is 270 Å². The van der Waals surface area contributed by atoms with Gasteiger partial charge in [0.05, 0.1) is 23.6 Å². The average Bonchev–Trinajstić information content (AvgIpc) is 1.75. The van der Waals surface area contributed by atoms with Gasteiger partial charge >= 0.3 is 6.18 Å². The first-order valence-corrected chi connectivity index (χ1v) is 36.7. The van der Waals surface area contributed by atoms with Crippen molar-refractivity contribution in [2.75, 3.05) is 76.5 Å². The molecule has 1 aliphatic carbocycles. The highest BCUT2D eigenvalue weighted by Crippen LogP contribution is 2.37. The minimum atomic E-state index is -4.79. The summed E-state index contributed by atoms with van der Waals surface area (Å²) in [5.41, 5.74) is 0.418. The van der Waals surface area contributed by atoms with E-state index in [0.29, 0.717) is 36.8 Å². The van der Waals surface area contributed by atoms with Crippen LogP contribution in [0, 0.1) is 31.6 Å². The fourth-order valence-corrected chi connectivity index (χ4v) is 14.4. The monoisotopic (exact) mass is 1490 g/mol. The summed E-state index contributed by atoms with van der Waals surface area (Å²) in [6.07, 6.45) is -3.98. The van der Waals surface area contributed by atoms with E-state index in [9.17, 15) is 46.7 Å². The van der Waals surface area contributed by atoms with Crippen molar-refractivity contribution >= 4 is 82.5 Å². The Labute approximate surface area is 621 Å². The van der Waals surface area contributed by atoms with Crippen LogP contribution >= 0.6 is 11.6 Å². The largest absolute Gasteiger partial charge is 0.417 e. The molecule has 0 unspecified atom stereocenters. The van der Waals surface area contributed by atoms with Gasteiger partial charge in [-0.1, -0.05) is 145 Å². The number of amides is 12. The van der Waals surface area contributed by atoms with E-state index >= 15 is 24.0 Å². The van der Waals surface area contributed by atoms with E-state index in [1.165, 1.54) is 106 Å². The lowest BCUT2D eigenvalue weighted by atomic mass is 9.90. The van der Waals surface area contributed by atoms with Crippen molar-refractivity contribution in [2.45, 2.75) is 212 Å². The smallest absolute Gasteiger partial charge is 0.347 e. The van der Waals surface area contributed by atoms with Gasteiger partial charge in [-0.25, -0.2) is 0 Å². The van der Waals surface area contributed by atoms with Gasteiger partial charge in [-0.3, -0.25) is 57.5 Å². The van der Waals surface area contributed by atoms with Crippen LogP contribution in [0.2, 0.25) is 5.02 Å². The second-order valence-electron chi connectivity index (χ2n) is 29.9. The number of aryl methyl sites for hydroxylation is 3. The molecule has 2 heterocycles. The molecule has 3 fully saturated rings. The molecule has 1 saturated carbocycles. The predicted octanol–water partition coefficient (Wildman–Crippen LogP) is 6.46. The Hall–Kier alpha value is -8.62. The Morgan fingerprint density at radius 2 is 1.24 bits per heavy atom. The number of benzene rings is 3. The molecule has 105 heavy (non-hydrogen) atoms. The van der Waals surface area contributed by atoms with E-state index in [1.807, 2.05) is 65.8 Å². The molecule has 0 bridgehead atoms. The summed E-state index contributed by atoms with van der Waals surface area (Å²) in [6.45, 7) is 15.4. The quantitative estimate of drug-likeness (QED) is 0.157. The van der Waals surface area contributed by atoms with Gasteiger partial charge in [0, 0.05) is 82.8 Å². The predicted molar refractivity (Wildman–Crippen MR) is 392 cm³/mol. The summed E-state index contributed by atoms with van der Waals surface area (Å²) in [5, 5.41) is 8.10. The van der Waals surface area contributed by atoms with Crippen molar-refractivity contribution in [2.24, 2.45) is 17.8 Å². The third kappa shape index (κ3) is 20.7. The number of hydrogen-bond acceptors (Lipinski definition) is 12. The number of nitrogens with zero attached hydrogens (tertiary/aromatic N) is 9. The molecule has 2 saturated heterocycles. The Balaban J connectivity index is 1.51. The van der Waals surface area contributed by atoms with Gasteiger partial charge in [-0.2, -0.15) is 13.2 Å². The number of carbonyl (C=O) groups excluding carboxylic acids is 12. The highest BCUT2D eigenvalue weighted by molar-refractivity contribution is 6.31. The summed E-state index contributed by atoms with van der Waals surface area (Å²) < 4.78 is 42.0. The standard InChI is InChI=1S/C77H110ClF3N12O12/c1-19-48(7)64-73(103)87(13)50(9)68(98)93-37-34-57(93)72(102)90(16)60(41-52-28-26-46(5)27-29-52)71(101)86(12)44-62(94)82-56(33-31-51-30-32-54(55(78)40-51)77(79,80)81)69(99)89(15)59(42-53-25-23-24-47(6)39-53)67(97)84-76(35-21-22-36-76)75(105)92(18)65(49(8)20-2)74(104)91(17)61(70(100)85(10)11)43-63(95)88(14)58(38-45(3)4)66(96)83-64/h23-30,32,39-40,45,48-50,56-61,64-65H,19-22,31,33-38,41-44H2,1-18H3,(H,82,94)(H,83,96)(H,84,97)/t48-,49-,50-,56-,57-,58-,59-,60-,61-,64-,65-/m0/s1. The number of nitrogens with one attached hydrogen (secondary N) is 3. The van der Waals surface area contributed by atoms with Crippen molar-refractivity contribution < 1.29 is 70.7 Å². The molecule has 3 N–H and O–H groups in total. The molecular formula is C77H110ClF3N12O12. The maximum absolute atomic E-state index is 15.7. The lowest BCUT2D eigenvalue weighted by Crippen LogP contribution is -2.65. The lowest BCUT2D eigenvalue weighted by molar-refractivity contribution is -0.160. The zero-order valence-corrected chi connectivity index (χ0v) is 65.1. The van der Waals surface area contributed by atoms with Gasteiger partial charge in [0.1, 0.15) is 59.9 Å². The fourth-order valence-electron chi connectivity index (χ4n) is 14.1.